The van der Waals surface area contributed by atoms with Gasteiger partial charge in [-0.15, -0.1) is 0 Å². The van der Waals surface area contributed by atoms with Gasteiger partial charge in [0, 0.05) is 109 Å². The van der Waals surface area contributed by atoms with Crippen molar-refractivity contribution in [2.24, 2.45) is 0 Å². The van der Waals surface area contributed by atoms with E-state index in [4.69, 9.17) is 124 Å². The summed E-state index contributed by atoms with van der Waals surface area (Å²) in [5, 5.41) is 11.4. The van der Waals surface area contributed by atoms with Crippen molar-refractivity contribution in [3.05, 3.63) is 325 Å². The van der Waals surface area contributed by atoms with Gasteiger partial charge in [0.25, 0.3) is 0 Å². The van der Waals surface area contributed by atoms with Crippen molar-refractivity contribution in [3.8, 4) is 56.2 Å². The van der Waals surface area contributed by atoms with Crippen LogP contribution in [0.15, 0.2) is 213 Å². The van der Waals surface area contributed by atoms with Gasteiger partial charge in [0.05, 0.1) is 63.0 Å². The normalized spacial score (nSPS) is 17.6. The maximum absolute atomic E-state index is 12.6. The number of piperidine rings is 2. The van der Waals surface area contributed by atoms with Gasteiger partial charge in [-0.05, 0) is 237 Å². The van der Waals surface area contributed by atoms with E-state index < -0.39 is 11.2 Å². The van der Waals surface area contributed by atoms with E-state index >= 15 is 0 Å². The fraction of sp³-hybridized carbons (Fsp3) is 0.287. The molecular formula is C101H96Cl8N14O4. The van der Waals surface area contributed by atoms with Crippen LogP contribution in [0, 0.1) is 0 Å². The Bertz CT molecular complexity index is 6110. The number of nitrogens with one attached hydrogen (secondary N) is 2. The molecule has 6 heterocycles. The molecule has 0 saturated carbocycles. The van der Waals surface area contributed by atoms with E-state index in [0.717, 1.165) is 141 Å². The van der Waals surface area contributed by atoms with Crippen LogP contribution < -0.4 is 22.1 Å². The van der Waals surface area contributed by atoms with Crippen LogP contribution in [0.4, 0.5) is 33.4 Å². The number of nitrogens with two attached hydrogens (primary N) is 2. The molecule has 6 atom stereocenters. The summed E-state index contributed by atoms with van der Waals surface area (Å²) in [6.07, 6.45) is 13.8. The molecule has 0 radical (unpaired) electrons. The zero-order valence-corrected chi connectivity index (χ0v) is 77.6. The zero-order valence-electron chi connectivity index (χ0n) is 71.5. The first-order valence-corrected chi connectivity index (χ1v) is 45.7. The summed E-state index contributed by atoms with van der Waals surface area (Å²) in [4.78, 5) is 65.2. The number of ether oxygens (including phenoxy) is 2. The smallest absolute Gasteiger partial charge is 0.410 e. The molecule has 6 aliphatic rings. The fourth-order valence-electron chi connectivity index (χ4n) is 17.6. The summed E-state index contributed by atoms with van der Waals surface area (Å²) < 4.78 is 11.1. The van der Waals surface area contributed by atoms with Gasteiger partial charge in [-0.3, -0.25) is 0 Å². The lowest BCUT2D eigenvalue weighted by Gasteiger charge is -2.34. The largest absolute Gasteiger partial charge is 0.444 e. The summed E-state index contributed by atoms with van der Waals surface area (Å²) in [6, 6.07) is 63.7. The summed E-state index contributed by atoms with van der Waals surface area (Å²) in [5.41, 5.74) is 36.2. The minimum atomic E-state index is -0.512. The second-order valence-corrected chi connectivity index (χ2v) is 38.5. The summed E-state index contributed by atoms with van der Waals surface area (Å²) in [5.74, 6) is 2.79. The minimum Gasteiger partial charge on any atom is -0.444 e. The number of rotatable bonds is 10. The van der Waals surface area contributed by atoms with Gasteiger partial charge in [-0.1, -0.05) is 240 Å². The quantitative estimate of drug-likeness (QED) is 0.0995. The van der Waals surface area contributed by atoms with Crippen LogP contribution >= 0.6 is 92.8 Å². The summed E-state index contributed by atoms with van der Waals surface area (Å²) >= 11 is 49.9. The highest BCUT2D eigenvalue weighted by atomic mass is 35.5. The van der Waals surface area contributed by atoms with E-state index in [0.29, 0.717) is 90.1 Å². The monoisotopic (exact) mass is 1850 g/mol. The molecule has 19 rings (SSSR count). The number of hydrogen-bond donors (Lipinski definition) is 4. The maximum atomic E-state index is 12.6. The lowest BCUT2D eigenvalue weighted by molar-refractivity contribution is 0.0196. The number of nitrogen functional groups attached to an aromatic ring is 2. The van der Waals surface area contributed by atoms with Crippen molar-refractivity contribution in [1.82, 2.24) is 49.7 Å². The van der Waals surface area contributed by atoms with Gasteiger partial charge in [0.2, 0.25) is 23.8 Å². The molecule has 0 bridgehead atoms. The van der Waals surface area contributed by atoms with Crippen LogP contribution in [0.5, 0.6) is 0 Å². The maximum Gasteiger partial charge on any atom is 0.410 e. The zero-order chi connectivity index (χ0) is 89.3. The van der Waals surface area contributed by atoms with Crippen molar-refractivity contribution < 1.29 is 19.1 Å². The van der Waals surface area contributed by atoms with Crippen molar-refractivity contribution in [3.63, 3.8) is 0 Å². The molecule has 127 heavy (non-hydrogen) atoms. The van der Waals surface area contributed by atoms with Crippen LogP contribution in [-0.2, 0) is 35.2 Å². The molecule has 6 N–H and O–H groups in total. The molecule has 0 spiro atoms. The number of amides is 2. The molecule has 18 nitrogen and oxygen atoms in total. The van der Waals surface area contributed by atoms with E-state index in [-0.39, 0.29) is 53.9 Å². The number of fused-ring (bicyclic) bond motifs is 12. The number of likely N-dealkylation sites (tertiary alicyclic amines) is 2. The first kappa shape index (κ1) is 89.7. The Morgan fingerprint density at radius 2 is 0.732 bits per heavy atom. The second-order valence-electron chi connectivity index (χ2n) is 35.2. The van der Waals surface area contributed by atoms with Gasteiger partial charge in [-0.25, -0.2) is 49.5 Å². The Morgan fingerprint density at radius 1 is 0.386 bits per heavy atom. The molecule has 2 unspecified atom stereocenters. The lowest BCUT2D eigenvalue weighted by atomic mass is 9.76. The van der Waals surface area contributed by atoms with Crippen molar-refractivity contribution in [2.75, 3.05) is 48.3 Å². The second kappa shape index (κ2) is 38.3. The number of carbonyl (C=O) groups is 2. The third-order valence-corrected chi connectivity index (χ3v) is 26.7. The van der Waals surface area contributed by atoms with Crippen molar-refractivity contribution in [2.45, 2.75) is 160 Å². The molecule has 2 amide bonds. The number of anilines is 4. The molecule has 650 valence electrons. The molecule has 9 aromatic carbocycles. The highest BCUT2D eigenvalue weighted by molar-refractivity contribution is 6.43. The molecule has 26 heteroatoms. The predicted octanol–water partition coefficient (Wildman–Crippen LogP) is 26.1. The number of halogens is 8. The average Bonchev–Trinajstić information content (AvgIpc) is 0.780. The standard InChI is InChI=1S/2C28H30Cl2N4O2.C24H17Cl2N3.C21H19Cl2N3/c2*1-28(2,3)36-27(35)34-12-6-7-19(16-34)32-26-31-15-18-13-22(17-10-11-23(29)24(30)14-17)20-8-4-5-9-21(20)25(18)33-26;25-21-9-7-16(12-22(21)26)19-11-17-13-28-24(27)29-23(17)18-8-6-15(10-20(18)19)14-4-2-1-3-5-14;1-11(2)12-3-5-15-17(7-12)16(13-4-6-18(22)19(23)9-13)8-14-10-25-21(24)26-20(14)15/h2*4-5,8-11,14-15,19,22H,6-7,12-13,16H2,1-3H3,(H,31,32,33);1-10,12-13,19H,11H2,(H2,27,28,29);3-7,9-11,16H,8H2,1-2H3,(H2,24,25,26)/t19-,22+;19-,22-;;/m11../s1. The Hall–Kier alpha value is -10.6. The lowest BCUT2D eigenvalue weighted by Crippen LogP contribution is -2.47. The third-order valence-electron chi connectivity index (χ3n) is 23.7. The molecule has 13 aromatic rings. The van der Waals surface area contributed by atoms with Gasteiger partial charge in [0.15, 0.2) is 0 Å². The molecule has 4 aliphatic carbocycles. The van der Waals surface area contributed by atoms with Crippen molar-refractivity contribution >= 4 is 129 Å². The van der Waals surface area contributed by atoms with Gasteiger partial charge in [-0.2, -0.15) is 0 Å². The highest BCUT2D eigenvalue weighted by Crippen LogP contribution is 2.49. The number of carbonyl (C=O) groups excluding carboxylic acids is 2. The highest BCUT2D eigenvalue weighted by Gasteiger charge is 2.36. The van der Waals surface area contributed by atoms with Crippen LogP contribution in [0.3, 0.4) is 0 Å². The van der Waals surface area contributed by atoms with E-state index in [1.54, 1.807) is 9.80 Å². The van der Waals surface area contributed by atoms with Crippen molar-refractivity contribution in [1.29, 1.82) is 0 Å². The van der Waals surface area contributed by atoms with Crippen LogP contribution in [-0.4, -0.2) is 111 Å². The van der Waals surface area contributed by atoms with Crippen LogP contribution in [0.1, 0.15) is 183 Å². The van der Waals surface area contributed by atoms with E-state index in [1.807, 2.05) is 157 Å². The first-order valence-electron chi connectivity index (χ1n) is 42.7. The summed E-state index contributed by atoms with van der Waals surface area (Å²) in [6.45, 7) is 18.2. The average molecular weight is 1850 g/mol. The SMILES string of the molecule is CC(C)(C)OC(=O)N1CCC[C@@H](Nc2ncc3c(n2)-c2ccccc2[C@@H](c2ccc(Cl)c(Cl)c2)C3)C1.CC(C)(C)OC(=O)N1CCC[C@@H](Nc2ncc3c(n2)-c2ccccc2[C@H](c2ccc(Cl)c(Cl)c2)C3)C1.CC(C)c1ccc2c(c1)C(c1ccc(Cl)c(Cl)c1)Cc1cnc(N)nc1-2.Nc1ncc2c(n1)-c1ccc(-c3ccccc3)cc1C(c1ccc(Cl)c(Cl)c1)C2. The Kier molecular flexibility index (Phi) is 27.1. The van der Waals surface area contributed by atoms with Crippen LogP contribution in [0.2, 0.25) is 40.2 Å². The first-order chi connectivity index (χ1) is 60.9. The predicted molar refractivity (Wildman–Crippen MR) is 515 cm³/mol. The number of nitrogens with zero attached hydrogens (tertiary/aromatic N) is 10. The molecule has 4 aromatic heterocycles. The van der Waals surface area contributed by atoms with E-state index in [1.165, 1.54) is 38.9 Å². The molecule has 2 aliphatic heterocycles. The number of benzene rings is 9. The van der Waals surface area contributed by atoms with E-state index in [2.05, 4.69) is 151 Å². The van der Waals surface area contributed by atoms with Gasteiger partial charge in [0.1, 0.15) is 11.2 Å². The Morgan fingerprint density at radius 3 is 1.12 bits per heavy atom. The molecule has 2 fully saturated rings. The fourth-order valence-corrected chi connectivity index (χ4v) is 18.9. The molecular weight excluding hydrogens is 1760 g/mol. The topological polar surface area (TPSA) is 238 Å². The Balaban J connectivity index is 0.000000126. The van der Waals surface area contributed by atoms with E-state index in [9.17, 15) is 9.59 Å². The van der Waals surface area contributed by atoms with Crippen LogP contribution in [0.25, 0.3) is 56.2 Å². The Labute approximate surface area is 780 Å². The minimum absolute atomic E-state index is 0.0621. The van der Waals surface area contributed by atoms with Gasteiger partial charge >= 0.3 is 12.2 Å². The third kappa shape index (κ3) is 20.7. The number of hydrogen-bond acceptors (Lipinski definition) is 16. The van der Waals surface area contributed by atoms with Gasteiger partial charge < -0.3 is 41.4 Å². The molecule has 2 saturated heterocycles. The number of aromatic nitrogens is 8. The summed E-state index contributed by atoms with van der Waals surface area (Å²) in [7, 11) is 0.